The molecule has 2 aromatic carbocycles. The SMILES string of the molecule is CCOc1ccc(OCC2CC3CN(c4ccc(C#N)cc4)CCN3C2)cc1. The second-order valence-corrected chi connectivity index (χ2v) is 7.57. The molecule has 0 radical (unpaired) electrons. The number of nitriles is 1. The zero-order chi connectivity index (χ0) is 19.3. The van der Waals surface area contributed by atoms with Crippen molar-refractivity contribution in [3.63, 3.8) is 0 Å². The van der Waals surface area contributed by atoms with Gasteiger partial charge in [0.1, 0.15) is 11.5 Å². The lowest BCUT2D eigenvalue weighted by Gasteiger charge is -2.38. The van der Waals surface area contributed by atoms with Crippen LogP contribution in [0.25, 0.3) is 0 Å². The lowest BCUT2D eigenvalue weighted by Crippen LogP contribution is -2.50. The lowest BCUT2D eigenvalue weighted by molar-refractivity contribution is 0.217. The Balaban J connectivity index is 1.29. The van der Waals surface area contributed by atoms with E-state index in [9.17, 15) is 0 Å². The van der Waals surface area contributed by atoms with Gasteiger partial charge in [-0.2, -0.15) is 5.26 Å². The first-order valence-corrected chi connectivity index (χ1v) is 10.1. The van der Waals surface area contributed by atoms with Crippen LogP contribution in [0.4, 0.5) is 5.69 Å². The maximum atomic E-state index is 8.97. The Morgan fingerprint density at radius 3 is 2.36 bits per heavy atom. The average molecular weight is 377 g/mol. The van der Waals surface area contributed by atoms with Crippen LogP contribution in [0.1, 0.15) is 18.9 Å². The first-order valence-electron chi connectivity index (χ1n) is 10.1. The van der Waals surface area contributed by atoms with Gasteiger partial charge < -0.3 is 14.4 Å². The molecule has 2 aliphatic heterocycles. The quantitative estimate of drug-likeness (QED) is 0.771. The van der Waals surface area contributed by atoms with Gasteiger partial charge in [0.2, 0.25) is 0 Å². The van der Waals surface area contributed by atoms with Gasteiger partial charge >= 0.3 is 0 Å². The van der Waals surface area contributed by atoms with Crippen molar-refractivity contribution in [1.82, 2.24) is 4.90 Å². The second kappa shape index (κ2) is 8.53. The Kier molecular flexibility index (Phi) is 5.68. The normalized spacial score (nSPS) is 21.8. The van der Waals surface area contributed by atoms with Gasteiger partial charge in [-0.05, 0) is 61.9 Å². The molecule has 2 aromatic rings. The summed E-state index contributed by atoms with van der Waals surface area (Å²) in [6, 6.07) is 18.6. The summed E-state index contributed by atoms with van der Waals surface area (Å²) in [5.41, 5.74) is 1.93. The summed E-state index contributed by atoms with van der Waals surface area (Å²) < 4.78 is 11.5. The Bertz CT molecular complexity index is 813. The summed E-state index contributed by atoms with van der Waals surface area (Å²) in [5.74, 6) is 2.36. The fraction of sp³-hybridized carbons (Fsp3) is 0.435. The molecule has 0 saturated carbocycles. The molecule has 2 atom stereocenters. The van der Waals surface area contributed by atoms with Crippen LogP contribution in [0.5, 0.6) is 11.5 Å². The molecule has 5 nitrogen and oxygen atoms in total. The van der Waals surface area contributed by atoms with Crippen LogP contribution in [0.2, 0.25) is 0 Å². The molecular formula is C23H27N3O2. The highest BCUT2D eigenvalue weighted by molar-refractivity contribution is 5.50. The first kappa shape index (κ1) is 18.6. The van der Waals surface area contributed by atoms with Crippen LogP contribution < -0.4 is 14.4 Å². The topological polar surface area (TPSA) is 48.7 Å². The highest BCUT2D eigenvalue weighted by Gasteiger charge is 2.36. The van der Waals surface area contributed by atoms with Gasteiger partial charge in [-0.15, -0.1) is 0 Å². The van der Waals surface area contributed by atoms with E-state index in [1.165, 1.54) is 12.1 Å². The van der Waals surface area contributed by atoms with E-state index in [4.69, 9.17) is 14.7 Å². The molecule has 0 spiro atoms. The molecule has 0 N–H and O–H groups in total. The number of ether oxygens (including phenoxy) is 2. The van der Waals surface area contributed by atoms with Crippen LogP contribution in [0.3, 0.4) is 0 Å². The van der Waals surface area contributed by atoms with Crippen LogP contribution in [-0.2, 0) is 0 Å². The Hall–Kier alpha value is -2.71. The van der Waals surface area contributed by atoms with Crippen LogP contribution >= 0.6 is 0 Å². The molecule has 2 heterocycles. The van der Waals surface area contributed by atoms with Crippen molar-refractivity contribution in [2.24, 2.45) is 5.92 Å². The monoisotopic (exact) mass is 377 g/mol. The molecule has 0 bridgehead atoms. The van der Waals surface area contributed by atoms with Gasteiger partial charge in [0, 0.05) is 43.8 Å². The molecule has 2 aliphatic rings. The lowest BCUT2D eigenvalue weighted by atomic mass is 10.1. The van der Waals surface area contributed by atoms with Gasteiger partial charge in [-0.3, -0.25) is 4.90 Å². The van der Waals surface area contributed by atoms with E-state index in [0.717, 1.165) is 49.8 Å². The molecule has 28 heavy (non-hydrogen) atoms. The fourth-order valence-electron chi connectivity index (χ4n) is 4.26. The third-order valence-corrected chi connectivity index (χ3v) is 5.68. The maximum absolute atomic E-state index is 8.97. The number of hydrogen-bond acceptors (Lipinski definition) is 5. The van der Waals surface area contributed by atoms with E-state index in [2.05, 4.69) is 28.0 Å². The summed E-state index contributed by atoms with van der Waals surface area (Å²) in [5, 5.41) is 8.97. The van der Waals surface area contributed by atoms with Crippen molar-refractivity contribution in [3.8, 4) is 17.6 Å². The van der Waals surface area contributed by atoms with Crippen molar-refractivity contribution in [2.75, 3.05) is 44.3 Å². The van der Waals surface area contributed by atoms with E-state index >= 15 is 0 Å². The van der Waals surface area contributed by atoms with E-state index in [0.29, 0.717) is 18.6 Å². The van der Waals surface area contributed by atoms with E-state index in [1.807, 2.05) is 43.3 Å². The van der Waals surface area contributed by atoms with Gasteiger partial charge in [0.15, 0.2) is 0 Å². The smallest absolute Gasteiger partial charge is 0.119 e. The van der Waals surface area contributed by atoms with E-state index < -0.39 is 0 Å². The molecule has 0 aromatic heterocycles. The Labute approximate surface area is 167 Å². The zero-order valence-electron chi connectivity index (χ0n) is 16.4. The highest BCUT2D eigenvalue weighted by atomic mass is 16.5. The predicted molar refractivity (Wildman–Crippen MR) is 110 cm³/mol. The van der Waals surface area contributed by atoms with Crippen molar-refractivity contribution in [2.45, 2.75) is 19.4 Å². The number of rotatable bonds is 6. The van der Waals surface area contributed by atoms with Gasteiger partial charge in [0.25, 0.3) is 0 Å². The predicted octanol–water partition coefficient (Wildman–Crippen LogP) is 3.55. The summed E-state index contributed by atoms with van der Waals surface area (Å²) in [6.07, 6.45) is 1.17. The zero-order valence-corrected chi connectivity index (χ0v) is 16.4. The second-order valence-electron chi connectivity index (χ2n) is 7.57. The number of fused-ring (bicyclic) bond motifs is 1. The molecule has 2 fully saturated rings. The standard InChI is InChI=1S/C23H27N3O2/c1-2-27-22-7-9-23(10-8-22)28-17-19-13-21-16-26(12-11-25(21)15-19)20-5-3-18(14-24)4-6-20/h3-10,19,21H,2,11-13,15-17H2,1H3. The summed E-state index contributed by atoms with van der Waals surface area (Å²) in [4.78, 5) is 5.05. The molecule has 2 saturated heterocycles. The minimum atomic E-state index is 0.567. The number of benzene rings is 2. The fourth-order valence-corrected chi connectivity index (χ4v) is 4.26. The molecule has 0 amide bonds. The van der Waals surface area contributed by atoms with E-state index in [-0.39, 0.29) is 0 Å². The average Bonchev–Trinajstić information content (AvgIpc) is 3.16. The van der Waals surface area contributed by atoms with Gasteiger partial charge in [0.05, 0.1) is 24.8 Å². The minimum absolute atomic E-state index is 0.567. The Morgan fingerprint density at radius 2 is 1.68 bits per heavy atom. The summed E-state index contributed by atoms with van der Waals surface area (Å²) in [6.45, 7) is 7.71. The molecule has 146 valence electrons. The highest BCUT2D eigenvalue weighted by Crippen LogP contribution is 2.29. The van der Waals surface area contributed by atoms with Gasteiger partial charge in [-0.25, -0.2) is 0 Å². The molecule has 5 heteroatoms. The third kappa shape index (κ3) is 4.23. The first-order chi connectivity index (χ1) is 13.7. The number of piperazine rings is 1. The Morgan fingerprint density at radius 1 is 0.964 bits per heavy atom. The summed E-state index contributed by atoms with van der Waals surface area (Å²) >= 11 is 0. The third-order valence-electron chi connectivity index (χ3n) is 5.68. The molecule has 4 rings (SSSR count). The number of anilines is 1. The molecule has 0 aliphatic carbocycles. The number of nitrogens with zero attached hydrogens (tertiary/aromatic N) is 3. The van der Waals surface area contributed by atoms with Crippen molar-refractivity contribution in [3.05, 3.63) is 54.1 Å². The van der Waals surface area contributed by atoms with Crippen molar-refractivity contribution < 1.29 is 9.47 Å². The maximum Gasteiger partial charge on any atom is 0.119 e. The van der Waals surface area contributed by atoms with Crippen LogP contribution in [-0.4, -0.2) is 50.3 Å². The van der Waals surface area contributed by atoms with Crippen molar-refractivity contribution in [1.29, 1.82) is 5.26 Å². The van der Waals surface area contributed by atoms with Crippen molar-refractivity contribution >= 4 is 5.69 Å². The molecule has 2 unspecified atom stereocenters. The van der Waals surface area contributed by atoms with Crippen LogP contribution in [0, 0.1) is 17.2 Å². The molecular weight excluding hydrogens is 350 g/mol. The van der Waals surface area contributed by atoms with E-state index in [1.54, 1.807) is 0 Å². The van der Waals surface area contributed by atoms with Gasteiger partial charge in [-0.1, -0.05) is 0 Å². The number of hydrogen-bond donors (Lipinski definition) is 0. The largest absolute Gasteiger partial charge is 0.494 e. The minimum Gasteiger partial charge on any atom is -0.494 e. The van der Waals surface area contributed by atoms with Crippen LogP contribution in [0.15, 0.2) is 48.5 Å². The summed E-state index contributed by atoms with van der Waals surface area (Å²) in [7, 11) is 0.